The van der Waals surface area contributed by atoms with E-state index in [9.17, 15) is 18.4 Å². The first-order valence-corrected chi connectivity index (χ1v) is 11.2. The van der Waals surface area contributed by atoms with Crippen molar-refractivity contribution in [2.24, 2.45) is 0 Å². The number of rotatable bonds is 5. The highest BCUT2D eigenvalue weighted by atomic mass is 35.5. The molecule has 1 aliphatic heterocycles. The number of nitrogens with one attached hydrogen (secondary N) is 2. The molecule has 2 aromatic heterocycles. The van der Waals surface area contributed by atoms with Gasteiger partial charge in [0.2, 0.25) is 5.95 Å². The van der Waals surface area contributed by atoms with Gasteiger partial charge in [-0.1, -0.05) is 17.7 Å². The second-order valence-electron chi connectivity index (χ2n) is 8.29. The highest BCUT2D eigenvalue weighted by Gasteiger charge is 2.29. The maximum absolute atomic E-state index is 14.6. The van der Waals surface area contributed by atoms with Gasteiger partial charge in [-0.2, -0.15) is 5.10 Å². The van der Waals surface area contributed by atoms with E-state index in [0.717, 1.165) is 6.07 Å². The van der Waals surface area contributed by atoms with E-state index >= 15 is 0 Å². The van der Waals surface area contributed by atoms with E-state index in [0.29, 0.717) is 47.1 Å². The Morgan fingerprint density at radius 3 is 2.74 bits per heavy atom. The minimum Gasteiger partial charge on any atom is -0.350 e. The number of aromatic amines is 1. The van der Waals surface area contributed by atoms with Gasteiger partial charge in [-0.05, 0) is 42.3 Å². The number of nitrogens with zero attached hydrogens (tertiary/aromatic N) is 4. The summed E-state index contributed by atoms with van der Waals surface area (Å²) in [6.07, 6.45) is 3.83. The Labute approximate surface area is 203 Å². The molecule has 3 heterocycles. The molecule has 4 aromatic rings. The largest absolute Gasteiger partial charge is 0.350 e. The zero-order valence-electron chi connectivity index (χ0n) is 18.3. The maximum Gasteiger partial charge on any atom is 0.272 e. The van der Waals surface area contributed by atoms with Crippen molar-refractivity contribution in [1.29, 1.82) is 0 Å². The van der Waals surface area contributed by atoms with E-state index < -0.39 is 23.1 Å². The molecule has 0 bridgehead atoms. The van der Waals surface area contributed by atoms with Crippen LogP contribution in [0.5, 0.6) is 0 Å². The van der Waals surface area contributed by atoms with Crippen molar-refractivity contribution in [1.82, 2.24) is 25.1 Å². The smallest absolute Gasteiger partial charge is 0.272 e. The lowest BCUT2D eigenvalue weighted by Crippen LogP contribution is -2.32. The van der Waals surface area contributed by atoms with Crippen LogP contribution in [0.1, 0.15) is 28.0 Å². The lowest BCUT2D eigenvalue weighted by molar-refractivity contribution is 0.0787. The predicted molar refractivity (Wildman–Crippen MR) is 127 cm³/mol. The van der Waals surface area contributed by atoms with Gasteiger partial charge in [0.15, 0.2) is 0 Å². The summed E-state index contributed by atoms with van der Waals surface area (Å²) in [7, 11) is 0. The molecule has 0 spiro atoms. The zero-order chi connectivity index (χ0) is 24.5. The van der Waals surface area contributed by atoms with Gasteiger partial charge in [-0.15, -0.1) is 0 Å². The number of carbonyl (C=O) groups excluding carboxylic acids is 1. The van der Waals surface area contributed by atoms with Crippen LogP contribution in [0.15, 0.2) is 53.6 Å². The second kappa shape index (κ2) is 9.38. The van der Waals surface area contributed by atoms with Crippen LogP contribution in [-0.2, 0) is 6.42 Å². The van der Waals surface area contributed by atoms with Gasteiger partial charge in [-0.3, -0.25) is 9.59 Å². The number of carbonyl (C=O) groups is 1. The topological polar surface area (TPSA) is 104 Å². The molecule has 178 valence electrons. The molecule has 1 aliphatic rings. The van der Waals surface area contributed by atoms with Crippen LogP contribution in [0.3, 0.4) is 0 Å². The standard InChI is InChI=1S/C24H19ClF2N6O2/c25-14-10-28-24(29-11-14)30-16-5-6-33(12-16)23(35)19-7-13(1-4-20(19)27)8-21-17-3-2-15(26)9-18(17)22(34)32-31-21/h1-4,7,9-11,16H,5-6,8,12H2,(H,32,34)(H,28,29,30)/t16-/m1/s1. The zero-order valence-corrected chi connectivity index (χ0v) is 19.0. The summed E-state index contributed by atoms with van der Waals surface area (Å²) >= 11 is 5.81. The molecule has 11 heteroatoms. The molecular formula is C24H19ClF2N6O2. The second-order valence-corrected chi connectivity index (χ2v) is 8.72. The fourth-order valence-corrected chi connectivity index (χ4v) is 4.27. The van der Waals surface area contributed by atoms with Gasteiger partial charge in [0.1, 0.15) is 11.6 Å². The molecule has 0 aliphatic carbocycles. The Bertz CT molecular complexity index is 1480. The third kappa shape index (κ3) is 4.83. The third-order valence-electron chi connectivity index (χ3n) is 5.89. The molecule has 0 unspecified atom stereocenters. The first-order valence-electron chi connectivity index (χ1n) is 10.9. The number of benzene rings is 2. The SMILES string of the molecule is O=C(c1cc(Cc2n[nH]c(=O)c3cc(F)ccc23)ccc1F)N1CC[C@@H](Nc2ncc(Cl)cn2)C1. The summed E-state index contributed by atoms with van der Waals surface area (Å²) in [5.41, 5.74) is 0.562. The molecule has 5 rings (SSSR count). The van der Waals surface area contributed by atoms with Gasteiger partial charge < -0.3 is 10.2 Å². The van der Waals surface area contributed by atoms with Crippen LogP contribution in [0.2, 0.25) is 5.02 Å². The summed E-state index contributed by atoms with van der Waals surface area (Å²) in [6.45, 7) is 0.817. The lowest BCUT2D eigenvalue weighted by Gasteiger charge is -2.18. The molecule has 0 radical (unpaired) electrons. The van der Waals surface area contributed by atoms with Crippen LogP contribution < -0.4 is 10.9 Å². The molecule has 1 saturated heterocycles. The van der Waals surface area contributed by atoms with E-state index in [4.69, 9.17) is 11.6 Å². The number of amides is 1. The maximum atomic E-state index is 14.6. The van der Waals surface area contributed by atoms with E-state index in [1.807, 2.05) is 0 Å². The van der Waals surface area contributed by atoms with Gasteiger partial charge in [0, 0.05) is 30.9 Å². The Morgan fingerprint density at radius 1 is 1.14 bits per heavy atom. The highest BCUT2D eigenvalue weighted by molar-refractivity contribution is 6.30. The lowest BCUT2D eigenvalue weighted by atomic mass is 10.0. The monoisotopic (exact) mass is 496 g/mol. The predicted octanol–water partition coefficient (Wildman–Crippen LogP) is 3.56. The van der Waals surface area contributed by atoms with Crippen molar-refractivity contribution in [3.05, 3.63) is 92.6 Å². The van der Waals surface area contributed by atoms with Crippen molar-refractivity contribution in [2.45, 2.75) is 18.9 Å². The molecule has 0 saturated carbocycles. The molecule has 1 amide bonds. The van der Waals surface area contributed by atoms with Crippen molar-refractivity contribution in [2.75, 3.05) is 18.4 Å². The Kier molecular flexibility index (Phi) is 6.12. The van der Waals surface area contributed by atoms with Crippen molar-refractivity contribution >= 4 is 34.2 Å². The van der Waals surface area contributed by atoms with E-state index in [1.165, 1.54) is 36.7 Å². The van der Waals surface area contributed by atoms with Crippen molar-refractivity contribution in [3.8, 4) is 0 Å². The summed E-state index contributed by atoms with van der Waals surface area (Å²) in [6, 6.07) is 8.08. The quantitative estimate of drug-likeness (QED) is 0.438. The summed E-state index contributed by atoms with van der Waals surface area (Å²) in [5, 5.41) is 10.7. The number of anilines is 1. The fourth-order valence-electron chi connectivity index (χ4n) is 4.17. The molecule has 35 heavy (non-hydrogen) atoms. The van der Waals surface area contributed by atoms with Gasteiger partial charge in [0.25, 0.3) is 11.5 Å². The molecule has 2 N–H and O–H groups in total. The van der Waals surface area contributed by atoms with E-state index in [1.54, 1.807) is 11.0 Å². The van der Waals surface area contributed by atoms with Crippen LogP contribution >= 0.6 is 11.6 Å². The summed E-state index contributed by atoms with van der Waals surface area (Å²) < 4.78 is 28.2. The third-order valence-corrected chi connectivity index (χ3v) is 6.09. The molecule has 1 atom stereocenters. The number of H-pyrrole nitrogens is 1. The minimum atomic E-state index is -0.627. The Hall–Kier alpha value is -3.92. The van der Waals surface area contributed by atoms with Gasteiger partial charge >= 0.3 is 0 Å². The van der Waals surface area contributed by atoms with Crippen LogP contribution in [-0.4, -0.2) is 50.1 Å². The summed E-state index contributed by atoms with van der Waals surface area (Å²) in [4.78, 5) is 34.9. The van der Waals surface area contributed by atoms with E-state index in [-0.39, 0.29) is 23.4 Å². The minimum absolute atomic E-state index is 0.0503. The molecule has 8 nitrogen and oxygen atoms in total. The molecule has 2 aromatic carbocycles. The van der Waals surface area contributed by atoms with Crippen LogP contribution in [0.4, 0.5) is 14.7 Å². The first kappa shape index (κ1) is 22.9. The van der Waals surface area contributed by atoms with Crippen molar-refractivity contribution < 1.29 is 13.6 Å². The molecular weight excluding hydrogens is 478 g/mol. The number of aromatic nitrogens is 4. The van der Waals surface area contributed by atoms with E-state index in [2.05, 4.69) is 25.5 Å². The number of hydrogen-bond acceptors (Lipinski definition) is 6. The Morgan fingerprint density at radius 2 is 1.94 bits per heavy atom. The van der Waals surface area contributed by atoms with Crippen LogP contribution in [0, 0.1) is 11.6 Å². The Balaban J connectivity index is 1.34. The number of halogens is 3. The normalized spacial score (nSPS) is 15.5. The van der Waals surface area contributed by atoms with Crippen LogP contribution in [0.25, 0.3) is 10.8 Å². The number of hydrogen-bond donors (Lipinski definition) is 2. The fraction of sp³-hybridized carbons (Fsp3) is 0.208. The number of likely N-dealkylation sites (tertiary alicyclic amines) is 1. The van der Waals surface area contributed by atoms with Crippen molar-refractivity contribution in [3.63, 3.8) is 0 Å². The average Bonchev–Trinajstić information content (AvgIpc) is 3.32. The molecule has 1 fully saturated rings. The van der Waals surface area contributed by atoms with Gasteiger partial charge in [0.05, 0.1) is 34.1 Å². The number of fused-ring (bicyclic) bond motifs is 1. The highest BCUT2D eigenvalue weighted by Crippen LogP contribution is 2.22. The average molecular weight is 497 g/mol. The summed E-state index contributed by atoms with van der Waals surface area (Å²) in [5.74, 6) is -1.18. The first-order chi connectivity index (χ1) is 16.9. The van der Waals surface area contributed by atoms with Gasteiger partial charge in [-0.25, -0.2) is 23.8 Å².